The Morgan fingerprint density at radius 3 is 2.94 bits per heavy atom. The normalized spacial score (nSPS) is 15.2. The van der Waals surface area contributed by atoms with Crippen molar-refractivity contribution in [3.63, 3.8) is 0 Å². The Labute approximate surface area is 192 Å². The van der Waals surface area contributed by atoms with Gasteiger partial charge in [0.2, 0.25) is 0 Å². The summed E-state index contributed by atoms with van der Waals surface area (Å²) < 4.78 is 13.6. The maximum Gasteiger partial charge on any atom is 0.150 e. The van der Waals surface area contributed by atoms with E-state index in [1.807, 2.05) is 59.5 Å². The molecule has 5 nitrogen and oxygen atoms in total. The third kappa shape index (κ3) is 4.80. The average molecular weight is 444 g/mol. The van der Waals surface area contributed by atoms with Crippen molar-refractivity contribution in [1.29, 1.82) is 5.26 Å². The number of fused-ring (bicyclic) bond motifs is 1. The molecule has 162 valence electrons. The first-order valence-corrected chi connectivity index (χ1v) is 11.4. The van der Waals surface area contributed by atoms with E-state index >= 15 is 0 Å². The number of nitriles is 1. The maximum atomic E-state index is 9.77. The van der Waals surface area contributed by atoms with Crippen LogP contribution in [0.25, 0.3) is 22.2 Å². The Kier molecular flexibility index (Phi) is 7.10. The molecule has 1 saturated heterocycles. The van der Waals surface area contributed by atoms with Crippen LogP contribution in [0.3, 0.4) is 0 Å². The highest BCUT2D eigenvalue weighted by Gasteiger charge is 2.18. The summed E-state index contributed by atoms with van der Waals surface area (Å²) in [5.74, 6) is 0.627. The lowest BCUT2D eigenvalue weighted by atomic mass is 10.0. The second-order valence-corrected chi connectivity index (χ2v) is 8.43. The van der Waals surface area contributed by atoms with Crippen molar-refractivity contribution in [2.45, 2.75) is 25.9 Å². The van der Waals surface area contributed by atoms with Gasteiger partial charge in [0.1, 0.15) is 17.9 Å². The van der Waals surface area contributed by atoms with Crippen LogP contribution in [0.15, 0.2) is 78.5 Å². The zero-order valence-electron chi connectivity index (χ0n) is 18.0. The van der Waals surface area contributed by atoms with Gasteiger partial charge in [0.25, 0.3) is 0 Å². The number of pyridine rings is 1. The predicted octanol–water partition coefficient (Wildman–Crippen LogP) is 6.28. The minimum Gasteiger partial charge on any atom is -0.489 e. The van der Waals surface area contributed by atoms with Gasteiger partial charge in [-0.1, -0.05) is 30.9 Å². The summed E-state index contributed by atoms with van der Waals surface area (Å²) in [6, 6.07) is 12.1. The molecule has 6 heteroatoms. The van der Waals surface area contributed by atoms with Gasteiger partial charge in [0.05, 0.1) is 18.8 Å². The van der Waals surface area contributed by atoms with Gasteiger partial charge in [-0.05, 0) is 54.8 Å². The Balaban J connectivity index is 1.70. The molecule has 0 aliphatic carbocycles. The van der Waals surface area contributed by atoms with Crippen molar-refractivity contribution >= 4 is 23.0 Å². The molecule has 1 aromatic carbocycles. The highest BCUT2D eigenvalue weighted by atomic mass is 32.2. The fourth-order valence-electron chi connectivity index (χ4n) is 3.63. The lowest BCUT2D eigenvalue weighted by molar-refractivity contribution is 0.0254. The number of nitrogens with zero attached hydrogens (tertiary/aromatic N) is 3. The van der Waals surface area contributed by atoms with Crippen LogP contribution >= 0.6 is 11.9 Å². The van der Waals surface area contributed by atoms with E-state index in [9.17, 15) is 5.26 Å². The quantitative estimate of drug-likeness (QED) is 0.403. The first-order valence-electron chi connectivity index (χ1n) is 10.6. The van der Waals surface area contributed by atoms with Gasteiger partial charge < -0.3 is 9.47 Å². The van der Waals surface area contributed by atoms with E-state index in [4.69, 9.17) is 9.47 Å². The van der Waals surface area contributed by atoms with Crippen LogP contribution in [0.5, 0.6) is 5.75 Å². The largest absolute Gasteiger partial charge is 0.489 e. The maximum absolute atomic E-state index is 9.77. The van der Waals surface area contributed by atoms with Gasteiger partial charge >= 0.3 is 0 Å². The van der Waals surface area contributed by atoms with Crippen LogP contribution in [0.2, 0.25) is 0 Å². The van der Waals surface area contributed by atoms with E-state index in [2.05, 4.69) is 29.9 Å². The first-order chi connectivity index (χ1) is 15.7. The van der Waals surface area contributed by atoms with Crippen molar-refractivity contribution in [1.82, 2.24) is 8.96 Å². The van der Waals surface area contributed by atoms with Crippen LogP contribution < -0.4 is 4.74 Å². The Morgan fingerprint density at radius 1 is 1.34 bits per heavy atom. The third-order valence-corrected chi connectivity index (χ3v) is 6.25. The fourth-order valence-corrected chi connectivity index (χ4v) is 4.46. The highest BCUT2D eigenvalue weighted by molar-refractivity contribution is 8.02. The summed E-state index contributed by atoms with van der Waals surface area (Å²) in [6.07, 6.45) is 13.4. The van der Waals surface area contributed by atoms with Crippen LogP contribution in [0.4, 0.5) is 0 Å². The molecule has 0 spiro atoms. The fraction of sp³-hybridized carbons (Fsp3) is 0.231. The Morgan fingerprint density at radius 2 is 2.19 bits per heavy atom. The first kappa shape index (κ1) is 21.9. The minimum atomic E-state index is 0.0884. The smallest absolute Gasteiger partial charge is 0.150 e. The Bertz CT molecular complexity index is 1210. The molecule has 0 bridgehead atoms. The van der Waals surface area contributed by atoms with E-state index < -0.39 is 0 Å². The number of benzene rings is 1. The van der Waals surface area contributed by atoms with Crippen LogP contribution in [0.1, 0.15) is 25.3 Å². The molecule has 0 amide bonds. The number of aromatic nitrogens is 2. The molecule has 4 rings (SSSR count). The summed E-state index contributed by atoms with van der Waals surface area (Å²) in [5.41, 5.74) is 3.37. The molecule has 3 heterocycles. The molecule has 0 N–H and O–H groups in total. The molecular formula is C26H25N3O2S. The van der Waals surface area contributed by atoms with Gasteiger partial charge in [-0.25, -0.2) is 4.98 Å². The standard InChI is InChI=1S/C26H25N3O2S/c1-3-5-7-22(4-2)32-29-18-24(23-8-6-13-28-26(23)29)19-9-10-25(20(16-19)17-27)31-21-11-14-30-15-12-21/h3-10,13,16,18,21H,2,11-12,14-15H2,1H3/b5-3-,22-7+. The molecule has 1 aliphatic rings. The SMILES string of the molecule is C=C/C(=C\C=C/C)Sn1cc(-c2ccc(OC3CCOCC3)c(C#N)c2)c2cccnc21. The molecule has 0 saturated carbocycles. The lowest BCUT2D eigenvalue weighted by Crippen LogP contribution is -2.26. The van der Waals surface area contributed by atoms with Crippen LogP contribution in [-0.4, -0.2) is 28.3 Å². The molecular weight excluding hydrogens is 418 g/mol. The summed E-state index contributed by atoms with van der Waals surface area (Å²) in [4.78, 5) is 5.60. The molecule has 2 aromatic heterocycles. The molecule has 1 fully saturated rings. The second-order valence-electron chi connectivity index (χ2n) is 7.39. The number of allylic oxidation sites excluding steroid dienone is 4. The van der Waals surface area contributed by atoms with Gasteiger partial charge in [0.15, 0.2) is 5.65 Å². The number of rotatable bonds is 7. The number of hydrogen-bond acceptors (Lipinski definition) is 5. The van der Waals surface area contributed by atoms with E-state index in [0.717, 1.165) is 39.9 Å². The molecule has 32 heavy (non-hydrogen) atoms. The van der Waals surface area contributed by atoms with E-state index in [1.165, 1.54) is 0 Å². The monoisotopic (exact) mass is 443 g/mol. The van der Waals surface area contributed by atoms with E-state index in [-0.39, 0.29) is 6.10 Å². The summed E-state index contributed by atoms with van der Waals surface area (Å²) in [6.45, 7) is 7.30. The summed E-state index contributed by atoms with van der Waals surface area (Å²) >= 11 is 1.55. The second kappa shape index (κ2) is 10.4. The zero-order chi connectivity index (χ0) is 22.3. The minimum absolute atomic E-state index is 0.0884. The summed E-state index contributed by atoms with van der Waals surface area (Å²) in [5, 5.41) is 10.8. The van der Waals surface area contributed by atoms with Crippen molar-refractivity contribution in [2.75, 3.05) is 13.2 Å². The van der Waals surface area contributed by atoms with Gasteiger partial charge in [-0.2, -0.15) is 5.26 Å². The average Bonchev–Trinajstić information content (AvgIpc) is 3.21. The zero-order valence-corrected chi connectivity index (χ0v) is 18.8. The topological polar surface area (TPSA) is 60.1 Å². The number of ether oxygens (including phenoxy) is 2. The van der Waals surface area contributed by atoms with E-state index in [1.54, 1.807) is 18.1 Å². The van der Waals surface area contributed by atoms with Crippen molar-refractivity contribution < 1.29 is 9.47 Å². The van der Waals surface area contributed by atoms with Crippen LogP contribution in [0, 0.1) is 11.3 Å². The van der Waals surface area contributed by atoms with Gasteiger partial charge in [-0.15, -0.1) is 0 Å². The predicted molar refractivity (Wildman–Crippen MR) is 130 cm³/mol. The number of hydrogen-bond donors (Lipinski definition) is 0. The van der Waals surface area contributed by atoms with Crippen molar-refractivity contribution in [3.8, 4) is 22.9 Å². The highest BCUT2D eigenvalue weighted by Crippen LogP contribution is 2.36. The lowest BCUT2D eigenvalue weighted by Gasteiger charge is -2.23. The van der Waals surface area contributed by atoms with Crippen molar-refractivity contribution in [3.05, 3.63) is 84.1 Å². The Hall–Kier alpha value is -3.27. The van der Waals surface area contributed by atoms with E-state index in [0.29, 0.717) is 24.5 Å². The third-order valence-electron chi connectivity index (χ3n) is 5.26. The van der Waals surface area contributed by atoms with Gasteiger partial charge in [0, 0.05) is 41.1 Å². The molecule has 0 unspecified atom stereocenters. The molecule has 3 aromatic rings. The van der Waals surface area contributed by atoms with Gasteiger partial charge in [-0.3, -0.25) is 3.97 Å². The molecule has 0 atom stereocenters. The summed E-state index contributed by atoms with van der Waals surface area (Å²) in [7, 11) is 0. The van der Waals surface area contributed by atoms with Crippen molar-refractivity contribution in [2.24, 2.45) is 0 Å². The molecule has 1 aliphatic heterocycles. The molecule has 0 radical (unpaired) electrons. The van der Waals surface area contributed by atoms with Crippen LogP contribution in [-0.2, 0) is 4.74 Å².